The molecule has 3 heteroatoms. The minimum Gasteiger partial charge on any atom is -0.380 e. The molecule has 0 aromatic heterocycles. The summed E-state index contributed by atoms with van der Waals surface area (Å²) in [6, 6.07) is 0.0381. The zero-order valence-electron chi connectivity index (χ0n) is 8.01. The zero-order valence-corrected chi connectivity index (χ0v) is 8.01. The van der Waals surface area contributed by atoms with Gasteiger partial charge in [0, 0.05) is 19.6 Å². The molecule has 1 heterocycles. The highest BCUT2D eigenvalue weighted by molar-refractivity contribution is 4.92. The zero-order chi connectivity index (χ0) is 9.03. The summed E-state index contributed by atoms with van der Waals surface area (Å²) in [6.07, 6.45) is 1.91. The molecule has 2 unspecified atom stereocenters. The van der Waals surface area contributed by atoms with E-state index in [0.29, 0.717) is 6.61 Å². The summed E-state index contributed by atoms with van der Waals surface area (Å²) in [7, 11) is 0. The van der Waals surface area contributed by atoms with Crippen LogP contribution >= 0.6 is 0 Å². The van der Waals surface area contributed by atoms with Gasteiger partial charge in [-0.15, -0.1) is 0 Å². The lowest BCUT2D eigenvalue weighted by Gasteiger charge is -2.41. The molecule has 12 heavy (non-hydrogen) atoms. The van der Waals surface area contributed by atoms with E-state index < -0.39 is 0 Å². The van der Waals surface area contributed by atoms with Crippen LogP contribution in [-0.4, -0.2) is 31.5 Å². The molecule has 2 atom stereocenters. The minimum absolute atomic E-state index is 0.0381. The molecule has 0 aromatic carbocycles. The Labute approximate surface area is 74.2 Å². The summed E-state index contributed by atoms with van der Waals surface area (Å²) in [4.78, 5) is 0. The van der Waals surface area contributed by atoms with Crippen LogP contribution in [-0.2, 0) is 9.47 Å². The van der Waals surface area contributed by atoms with Gasteiger partial charge in [-0.1, -0.05) is 6.92 Å². The van der Waals surface area contributed by atoms with Gasteiger partial charge in [-0.3, -0.25) is 0 Å². The molecule has 2 N–H and O–H groups in total. The average Bonchev–Trinajstić information content (AvgIpc) is 2.10. The second-order valence-corrected chi connectivity index (χ2v) is 3.28. The Morgan fingerprint density at radius 3 is 2.83 bits per heavy atom. The van der Waals surface area contributed by atoms with Crippen LogP contribution in [0.1, 0.15) is 26.7 Å². The molecule has 0 saturated carbocycles. The summed E-state index contributed by atoms with van der Waals surface area (Å²) in [6.45, 7) is 6.29. The molecular weight excluding hydrogens is 154 g/mol. The van der Waals surface area contributed by atoms with Crippen molar-refractivity contribution in [1.82, 2.24) is 0 Å². The van der Waals surface area contributed by atoms with Crippen molar-refractivity contribution in [2.45, 2.75) is 38.3 Å². The van der Waals surface area contributed by atoms with Crippen LogP contribution in [0, 0.1) is 0 Å². The van der Waals surface area contributed by atoms with Gasteiger partial charge in [-0.05, 0) is 13.3 Å². The molecule has 1 rings (SSSR count). The highest BCUT2D eigenvalue weighted by Crippen LogP contribution is 2.27. The molecular formula is C9H19NO2. The molecule has 1 aliphatic rings. The SMILES string of the molecule is CCOC1(CC)CCOCC1N. The van der Waals surface area contributed by atoms with Crippen molar-refractivity contribution in [3.05, 3.63) is 0 Å². The van der Waals surface area contributed by atoms with E-state index in [0.717, 1.165) is 26.1 Å². The van der Waals surface area contributed by atoms with Gasteiger partial charge in [0.05, 0.1) is 18.2 Å². The summed E-state index contributed by atoms with van der Waals surface area (Å²) in [5, 5.41) is 0. The van der Waals surface area contributed by atoms with E-state index in [4.69, 9.17) is 15.2 Å². The van der Waals surface area contributed by atoms with Crippen molar-refractivity contribution in [2.75, 3.05) is 19.8 Å². The first-order valence-electron chi connectivity index (χ1n) is 4.72. The maximum atomic E-state index is 5.96. The van der Waals surface area contributed by atoms with Gasteiger partial charge in [0.25, 0.3) is 0 Å². The molecule has 1 fully saturated rings. The third kappa shape index (κ3) is 1.79. The van der Waals surface area contributed by atoms with Gasteiger partial charge in [0.1, 0.15) is 0 Å². The summed E-state index contributed by atoms with van der Waals surface area (Å²) >= 11 is 0. The fraction of sp³-hybridized carbons (Fsp3) is 1.00. The van der Waals surface area contributed by atoms with E-state index in [1.807, 2.05) is 6.92 Å². The lowest BCUT2D eigenvalue weighted by molar-refractivity contribution is -0.122. The second kappa shape index (κ2) is 4.21. The number of nitrogens with two attached hydrogens (primary N) is 1. The van der Waals surface area contributed by atoms with Crippen LogP contribution < -0.4 is 5.73 Å². The Morgan fingerprint density at radius 2 is 2.33 bits per heavy atom. The van der Waals surface area contributed by atoms with Crippen molar-refractivity contribution >= 4 is 0 Å². The lowest BCUT2D eigenvalue weighted by atomic mass is 9.87. The molecule has 1 saturated heterocycles. The van der Waals surface area contributed by atoms with Gasteiger partial charge in [-0.2, -0.15) is 0 Å². The van der Waals surface area contributed by atoms with Gasteiger partial charge in [0.2, 0.25) is 0 Å². The van der Waals surface area contributed by atoms with Crippen molar-refractivity contribution in [3.63, 3.8) is 0 Å². The first-order chi connectivity index (χ1) is 5.75. The number of hydrogen-bond donors (Lipinski definition) is 1. The maximum Gasteiger partial charge on any atom is 0.0874 e. The number of rotatable bonds is 3. The first kappa shape index (κ1) is 9.96. The van der Waals surface area contributed by atoms with E-state index >= 15 is 0 Å². The smallest absolute Gasteiger partial charge is 0.0874 e. The molecule has 0 radical (unpaired) electrons. The van der Waals surface area contributed by atoms with Crippen molar-refractivity contribution in [1.29, 1.82) is 0 Å². The monoisotopic (exact) mass is 173 g/mol. The Hall–Kier alpha value is -0.120. The second-order valence-electron chi connectivity index (χ2n) is 3.28. The maximum absolute atomic E-state index is 5.96. The Morgan fingerprint density at radius 1 is 1.58 bits per heavy atom. The first-order valence-corrected chi connectivity index (χ1v) is 4.72. The molecule has 0 amide bonds. The van der Waals surface area contributed by atoms with E-state index in [1.165, 1.54) is 0 Å². The van der Waals surface area contributed by atoms with Gasteiger partial charge in [-0.25, -0.2) is 0 Å². The molecule has 0 aliphatic carbocycles. The molecule has 3 nitrogen and oxygen atoms in total. The summed E-state index contributed by atoms with van der Waals surface area (Å²) < 4.78 is 11.0. The highest BCUT2D eigenvalue weighted by atomic mass is 16.5. The standard InChI is InChI=1S/C9H19NO2/c1-3-9(12-4-2)5-6-11-7-8(9)10/h8H,3-7,10H2,1-2H3. The minimum atomic E-state index is -0.118. The molecule has 0 spiro atoms. The fourth-order valence-corrected chi connectivity index (χ4v) is 1.80. The van der Waals surface area contributed by atoms with Gasteiger partial charge >= 0.3 is 0 Å². The quantitative estimate of drug-likeness (QED) is 0.690. The number of ether oxygens (including phenoxy) is 2. The Bertz CT molecular complexity index is 136. The average molecular weight is 173 g/mol. The predicted octanol–water partition coefficient (Wildman–Crippen LogP) is 0.919. The Kier molecular flexibility index (Phi) is 3.50. The van der Waals surface area contributed by atoms with Crippen LogP contribution in [0.3, 0.4) is 0 Å². The van der Waals surface area contributed by atoms with E-state index in [2.05, 4.69) is 6.92 Å². The largest absolute Gasteiger partial charge is 0.380 e. The van der Waals surface area contributed by atoms with E-state index in [9.17, 15) is 0 Å². The summed E-state index contributed by atoms with van der Waals surface area (Å²) in [5.74, 6) is 0. The Balaban J connectivity index is 2.60. The number of hydrogen-bond acceptors (Lipinski definition) is 3. The molecule has 1 aliphatic heterocycles. The van der Waals surface area contributed by atoms with Gasteiger partial charge < -0.3 is 15.2 Å². The van der Waals surface area contributed by atoms with Gasteiger partial charge in [0.15, 0.2) is 0 Å². The molecule has 72 valence electrons. The van der Waals surface area contributed by atoms with Crippen LogP contribution in [0.25, 0.3) is 0 Å². The summed E-state index contributed by atoms with van der Waals surface area (Å²) in [5.41, 5.74) is 5.84. The fourth-order valence-electron chi connectivity index (χ4n) is 1.80. The lowest BCUT2D eigenvalue weighted by Crippen LogP contribution is -2.55. The molecule has 0 aromatic rings. The van der Waals surface area contributed by atoms with Crippen LogP contribution in [0.15, 0.2) is 0 Å². The van der Waals surface area contributed by atoms with Crippen LogP contribution in [0.2, 0.25) is 0 Å². The van der Waals surface area contributed by atoms with E-state index in [1.54, 1.807) is 0 Å². The normalized spacial score (nSPS) is 36.8. The molecule has 0 bridgehead atoms. The van der Waals surface area contributed by atoms with E-state index in [-0.39, 0.29) is 11.6 Å². The van der Waals surface area contributed by atoms with Crippen molar-refractivity contribution < 1.29 is 9.47 Å². The topological polar surface area (TPSA) is 44.5 Å². The highest BCUT2D eigenvalue weighted by Gasteiger charge is 2.38. The predicted molar refractivity (Wildman–Crippen MR) is 48.1 cm³/mol. The van der Waals surface area contributed by atoms with Crippen molar-refractivity contribution in [3.8, 4) is 0 Å². The van der Waals surface area contributed by atoms with Crippen LogP contribution in [0.4, 0.5) is 0 Å². The third-order valence-electron chi connectivity index (χ3n) is 2.67. The van der Waals surface area contributed by atoms with Crippen LogP contribution in [0.5, 0.6) is 0 Å². The third-order valence-corrected chi connectivity index (χ3v) is 2.67. The van der Waals surface area contributed by atoms with Crippen molar-refractivity contribution in [2.24, 2.45) is 5.73 Å².